The molecule has 0 aliphatic carbocycles. The Morgan fingerprint density at radius 1 is 1.32 bits per heavy atom. The summed E-state index contributed by atoms with van der Waals surface area (Å²) in [7, 11) is -1.44. The van der Waals surface area contributed by atoms with Gasteiger partial charge in [-0.25, -0.2) is 8.42 Å². The van der Waals surface area contributed by atoms with Crippen molar-refractivity contribution < 1.29 is 13.2 Å². The maximum absolute atomic E-state index is 11.7. The van der Waals surface area contributed by atoms with E-state index in [4.69, 9.17) is 4.74 Å². The van der Waals surface area contributed by atoms with Crippen LogP contribution >= 0.6 is 0 Å². The lowest BCUT2D eigenvalue weighted by Crippen LogP contribution is -2.43. The highest BCUT2D eigenvalue weighted by Crippen LogP contribution is 2.21. The summed E-state index contributed by atoms with van der Waals surface area (Å²) >= 11 is 0. The molecule has 1 rings (SSSR count). The van der Waals surface area contributed by atoms with E-state index in [9.17, 15) is 8.42 Å². The van der Waals surface area contributed by atoms with Gasteiger partial charge in [0.05, 0.1) is 12.4 Å². The van der Waals surface area contributed by atoms with Crippen LogP contribution in [0.3, 0.4) is 0 Å². The van der Waals surface area contributed by atoms with Gasteiger partial charge in [0.15, 0.2) is 9.84 Å². The summed E-state index contributed by atoms with van der Waals surface area (Å²) in [6, 6.07) is 7.59. The first kappa shape index (κ1) is 16.0. The van der Waals surface area contributed by atoms with Gasteiger partial charge in [0.2, 0.25) is 0 Å². The molecule has 0 bridgehead atoms. The van der Waals surface area contributed by atoms with Crippen LogP contribution in [0.4, 0.5) is 0 Å². The molecule has 0 spiro atoms. The molecule has 0 radical (unpaired) electrons. The van der Waals surface area contributed by atoms with Crippen molar-refractivity contribution in [2.45, 2.75) is 31.6 Å². The maximum Gasteiger partial charge on any atom is 0.151 e. The number of hydrogen-bond donors (Lipinski definition) is 1. The minimum Gasteiger partial charge on any atom is -0.496 e. The van der Waals surface area contributed by atoms with Crippen LogP contribution in [-0.2, 0) is 16.3 Å². The van der Waals surface area contributed by atoms with Crippen molar-refractivity contribution in [3.05, 3.63) is 29.8 Å². The van der Waals surface area contributed by atoms with Gasteiger partial charge in [0.1, 0.15) is 5.75 Å². The second kappa shape index (κ2) is 6.91. The molecule has 108 valence electrons. The number of likely N-dealkylation sites (N-methyl/N-ethyl adjacent to an activating group) is 1. The molecule has 2 atom stereocenters. The second-order valence-electron chi connectivity index (χ2n) is 4.71. The Balaban J connectivity index is 2.96. The molecule has 0 fully saturated rings. The number of para-hydroxylation sites is 1. The Kier molecular flexibility index (Phi) is 5.82. The Morgan fingerprint density at radius 3 is 2.47 bits per heavy atom. The van der Waals surface area contributed by atoms with E-state index in [1.165, 1.54) is 6.26 Å². The smallest absolute Gasteiger partial charge is 0.151 e. The molecule has 2 unspecified atom stereocenters. The Hall–Kier alpha value is -1.07. The van der Waals surface area contributed by atoms with Crippen molar-refractivity contribution in [1.29, 1.82) is 0 Å². The molecule has 0 saturated heterocycles. The largest absolute Gasteiger partial charge is 0.496 e. The second-order valence-corrected chi connectivity index (χ2v) is 7.12. The van der Waals surface area contributed by atoms with E-state index in [-0.39, 0.29) is 6.04 Å². The summed E-state index contributed by atoms with van der Waals surface area (Å²) in [6.45, 7) is 4.46. The quantitative estimate of drug-likeness (QED) is 0.827. The van der Waals surface area contributed by atoms with Crippen molar-refractivity contribution in [3.8, 4) is 5.75 Å². The molecule has 0 saturated carbocycles. The van der Waals surface area contributed by atoms with Gasteiger partial charge < -0.3 is 10.1 Å². The third-order valence-corrected chi connectivity index (χ3v) is 5.02. The van der Waals surface area contributed by atoms with Crippen molar-refractivity contribution in [2.75, 3.05) is 19.9 Å². The Labute approximate surface area is 116 Å². The molecule has 0 aromatic heterocycles. The van der Waals surface area contributed by atoms with Crippen LogP contribution in [0.5, 0.6) is 5.75 Å². The molecule has 5 heteroatoms. The first-order valence-corrected chi connectivity index (χ1v) is 8.39. The molecular weight excluding hydrogens is 262 g/mol. The van der Waals surface area contributed by atoms with Crippen LogP contribution in [0.2, 0.25) is 0 Å². The van der Waals surface area contributed by atoms with E-state index in [2.05, 4.69) is 5.32 Å². The average Bonchev–Trinajstić information content (AvgIpc) is 2.37. The third-order valence-electron chi connectivity index (χ3n) is 3.34. The van der Waals surface area contributed by atoms with Crippen LogP contribution in [-0.4, -0.2) is 39.6 Å². The molecule has 1 aromatic carbocycles. The average molecular weight is 285 g/mol. The highest BCUT2D eigenvalue weighted by Gasteiger charge is 2.26. The SMILES string of the molecule is CCNC(Cc1ccccc1OC)C(C)S(C)(=O)=O. The van der Waals surface area contributed by atoms with Gasteiger partial charge in [-0.05, 0) is 31.5 Å². The molecule has 0 amide bonds. The number of rotatable bonds is 7. The van der Waals surface area contributed by atoms with Gasteiger partial charge in [0.25, 0.3) is 0 Å². The lowest BCUT2D eigenvalue weighted by Gasteiger charge is -2.24. The number of methoxy groups -OCH3 is 1. The predicted octanol–water partition coefficient (Wildman–Crippen LogP) is 1.65. The van der Waals surface area contributed by atoms with Gasteiger partial charge in [-0.3, -0.25) is 0 Å². The van der Waals surface area contributed by atoms with Gasteiger partial charge in [-0.2, -0.15) is 0 Å². The summed E-state index contributed by atoms with van der Waals surface area (Å²) in [5, 5.41) is 2.82. The van der Waals surface area contributed by atoms with Crippen LogP contribution in [0.15, 0.2) is 24.3 Å². The first-order valence-electron chi connectivity index (χ1n) is 6.44. The van der Waals surface area contributed by atoms with E-state index in [1.807, 2.05) is 31.2 Å². The molecule has 0 aliphatic heterocycles. The van der Waals surface area contributed by atoms with Crippen molar-refractivity contribution in [3.63, 3.8) is 0 Å². The number of benzene rings is 1. The summed E-state index contributed by atoms with van der Waals surface area (Å²) in [6.07, 6.45) is 1.91. The molecule has 1 aromatic rings. The summed E-state index contributed by atoms with van der Waals surface area (Å²) in [4.78, 5) is 0. The zero-order chi connectivity index (χ0) is 14.5. The normalized spacial score (nSPS) is 14.9. The standard InChI is InChI=1S/C14H23NO3S/c1-5-15-13(11(2)19(4,16)17)10-12-8-6-7-9-14(12)18-3/h6-9,11,13,15H,5,10H2,1-4H3. The molecule has 4 nitrogen and oxygen atoms in total. The molecule has 1 N–H and O–H groups in total. The first-order chi connectivity index (χ1) is 8.90. The lowest BCUT2D eigenvalue weighted by molar-refractivity contribution is 0.404. The van der Waals surface area contributed by atoms with Crippen molar-refractivity contribution in [2.24, 2.45) is 0 Å². The molecular formula is C14H23NO3S. The zero-order valence-corrected chi connectivity index (χ0v) is 12.8. The van der Waals surface area contributed by atoms with Crippen LogP contribution < -0.4 is 10.1 Å². The van der Waals surface area contributed by atoms with E-state index in [0.29, 0.717) is 6.42 Å². The number of ether oxygens (including phenoxy) is 1. The van der Waals surface area contributed by atoms with Crippen molar-refractivity contribution in [1.82, 2.24) is 5.32 Å². The van der Waals surface area contributed by atoms with E-state index < -0.39 is 15.1 Å². The Morgan fingerprint density at radius 2 is 1.95 bits per heavy atom. The van der Waals surface area contributed by atoms with E-state index in [0.717, 1.165) is 17.9 Å². The Bertz CT molecular complexity index is 499. The minimum atomic E-state index is -3.07. The highest BCUT2D eigenvalue weighted by molar-refractivity contribution is 7.91. The van der Waals surface area contributed by atoms with Gasteiger partial charge in [-0.15, -0.1) is 0 Å². The van der Waals surface area contributed by atoms with Gasteiger partial charge in [0, 0.05) is 12.3 Å². The summed E-state index contributed by atoms with van der Waals surface area (Å²) < 4.78 is 28.8. The monoisotopic (exact) mass is 285 g/mol. The summed E-state index contributed by atoms with van der Waals surface area (Å²) in [5.74, 6) is 0.797. The fourth-order valence-corrected chi connectivity index (χ4v) is 2.86. The van der Waals surface area contributed by atoms with E-state index >= 15 is 0 Å². The minimum absolute atomic E-state index is 0.115. The van der Waals surface area contributed by atoms with Gasteiger partial charge >= 0.3 is 0 Å². The number of sulfone groups is 1. The van der Waals surface area contributed by atoms with Crippen LogP contribution in [0.1, 0.15) is 19.4 Å². The maximum atomic E-state index is 11.7. The number of hydrogen-bond acceptors (Lipinski definition) is 4. The lowest BCUT2D eigenvalue weighted by atomic mass is 10.0. The fraction of sp³-hybridized carbons (Fsp3) is 0.571. The molecule has 0 heterocycles. The van der Waals surface area contributed by atoms with Gasteiger partial charge in [-0.1, -0.05) is 25.1 Å². The summed E-state index contributed by atoms with van der Waals surface area (Å²) in [5.41, 5.74) is 1.02. The van der Waals surface area contributed by atoms with Crippen LogP contribution in [0.25, 0.3) is 0 Å². The topological polar surface area (TPSA) is 55.4 Å². The van der Waals surface area contributed by atoms with Crippen molar-refractivity contribution >= 4 is 9.84 Å². The third kappa shape index (κ3) is 4.51. The van der Waals surface area contributed by atoms with Crippen LogP contribution in [0, 0.1) is 0 Å². The number of nitrogens with one attached hydrogen (secondary N) is 1. The predicted molar refractivity (Wildman–Crippen MR) is 78.5 cm³/mol. The molecule has 19 heavy (non-hydrogen) atoms. The highest BCUT2D eigenvalue weighted by atomic mass is 32.2. The fourth-order valence-electron chi connectivity index (χ4n) is 2.07. The zero-order valence-electron chi connectivity index (χ0n) is 12.0. The molecule has 0 aliphatic rings. The van der Waals surface area contributed by atoms with E-state index in [1.54, 1.807) is 14.0 Å².